The molecule has 10 aromatic heterocycles. The number of para-hydroxylation sites is 2. The van der Waals surface area contributed by atoms with Crippen LogP contribution in [0, 0.1) is 76.2 Å². The minimum atomic E-state index is -4.65. The van der Waals surface area contributed by atoms with Gasteiger partial charge in [-0.1, -0.05) is 79.7 Å². The van der Waals surface area contributed by atoms with E-state index in [1.54, 1.807) is 113 Å². The summed E-state index contributed by atoms with van der Waals surface area (Å²) in [7, 11) is 14.1. The summed E-state index contributed by atoms with van der Waals surface area (Å²) in [5, 5.41) is 42.7. The van der Waals surface area contributed by atoms with Crippen molar-refractivity contribution in [3.05, 3.63) is 269 Å². The van der Waals surface area contributed by atoms with Crippen molar-refractivity contribution in [1.82, 2.24) is 117 Å². The summed E-state index contributed by atoms with van der Waals surface area (Å²) in [4.78, 5) is 136. The summed E-state index contributed by atoms with van der Waals surface area (Å²) in [6.45, 7) is 24.4. The third kappa shape index (κ3) is 27.0. The number of halogens is 3. The quantitative estimate of drug-likeness (QED) is 0.0581. The van der Waals surface area contributed by atoms with Gasteiger partial charge in [0.25, 0.3) is 53.2 Å². The van der Waals surface area contributed by atoms with Gasteiger partial charge in [0, 0.05) is 123 Å². The lowest BCUT2D eigenvalue weighted by atomic mass is 10.1. The minimum absolute atomic E-state index is 0.0399. The number of aromatic nitrogens is 14. The lowest BCUT2D eigenvalue weighted by molar-refractivity contribution is -0.141. The Bertz CT molecular complexity index is 5650. The molecule has 0 fully saturated rings. The largest absolute Gasteiger partial charge is 0.434 e. The first-order valence-corrected chi connectivity index (χ1v) is 38.4. The van der Waals surface area contributed by atoms with E-state index >= 15 is 0 Å². The number of pyridine rings is 4. The Morgan fingerprint density at radius 2 is 0.967 bits per heavy atom. The number of alkyl halides is 3. The summed E-state index contributed by atoms with van der Waals surface area (Å²) in [5.41, 5.74) is 12.8. The molecule has 0 aliphatic rings. The molecule has 0 radical (unpaired) electrons. The van der Waals surface area contributed by atoms with Gasteiger partial charge in [-0.25, -0.2) is 24.5 Å². The highest BCUT2D eigenvalue weighted by molar-refractivity contribution is 7.13. The van der Waals surface area contributed by atoms with E-state index in [1.807, 2.05) is 159 Å². The summed E-state index contributed by atoms with van der Waals surface area (Å²) in [6, 6.07) is 34.0. The van der Waals surface area contributed by atoms with E-state index in [2.05, 4.69) is 122 Å². The average molecular weight is 1690 g/mol. The molecule has 0 saturated carbocycles. The first-order valence-electron chi connectivity index (χ1n) is 37.5. The molecule has 642 valence electrons. The maximum atomic E-state index is 12.3. The molecular formula is C85H100F3N23O10S. The smallest absolute Gasteiger partial charge is 0.361 e. The van der Waals surface area contributed by atoms with Crippen molar-refractivity contribution in [2.45, 2.75) is 102 Å². The van der Waals surface area contributed by atoms with Crippen LogP contribution in [0.4, 0.5) is 13.2 Å². The highest BCUT2D eigenvalue weighted by atomic mass is 32.1. The Labute approximate surface area is 707 Å². The molecule has 0 bridgehead atoms. The SMILES string of the molecule is CNC(=O)c1c(C)cc(C)nc1C.CNC(=O)c1c(C)ccnc1C.CNC(=O)c1c(C)noc1C.CNC(=O)c1ccnc2ccccc12.CNC(=O)c1cnc2cc(C)nn2c1C.CNC(=O)c1cncnc1C(F)(F)F.CNC(=O)c1nccc2ccccc12.CNC(=O)c1nn(-c2ccccc2)nc1C.CNC(=O)c1sc(C(C)C)nc1C. The number of amides is 9. The Morgan fingerprint density at radius 3 is 1.52 bits per heavy atom. The summed E-state index contributed by atoms with van der Waals surface area (Å²) < 4.78 is 43.3. The fourth-order valence-electron chi connectivity index (χ4n) is 11.2. The van der Waals surface area contributed by atoms with Gasteiger partial charge in [-0.05, 0) is 135 Å². The molecular weight excluding hydrogens is 1590 g/mol. The van der Waals surface area contributed by atoms with Crippen LogP contribution < -0.4 is 47.9 Å². The number of hydrogen-bond acceptors (Lipinski definition) is 23. The monoisotopic (exact) mass is 1690 g/mol. The van der Waals surface area contributed by atoms with Gasteiger partial charge in [-0.15, -0.1) is 16.4 Å². The molecule has 3 aromatic carbocycles. The number of thiazole rings is 1. The van der Waals surface area contributed by atoms with Gasteiger partial charge in [0.15, 0.2) is 17.0 Å². The van der Waals surface area contributed by atoms with Crippen molar-refractivity contribution in [2.24, 2.45) is 0 Å². The molecule has 0 aliphatic heterocycles. The number of carbonyl (C=O) groups is 9. The van der Waals surface area contributed by atoms with E-state index in [0.29, 0.717) is 62.3 Å². The highest BCUT2D eigenvalue weighted by Gasteiger charge is 2.37. The lowest BCUT2D eigenvalue weighted by Gasteiger charge is -2.08. The van der Waals surface area contributed by atoms with Crippen LogP contribution >= 0.6 is 11.3 Å². The molecule has 0 atom stereocenters. The Kier molecular flexibility index (Phi) is 37.9. The van der Waals surface area contributed by atoms with Crippen molar-refractivity contribution in [3.8, 4) is 5.69 Å². The van der Waals surface area contributed by atoms with Crippen LogP contribution in [0.5, 0.6) is 0 Å². The normalized spacial score (nSPS) is 10.2. The molecule has 122 heavy (non-hydrogen) atoms. The van der Waals surface area contributed by atoms with Crippen LogP contribution in [0.1, 0.15) is 186 Å². The van der Waals surface area contributed by atoms with Crippen molar-refractivity contribution in [1.29, 1.82) is 0 Å². The van der Waals surface area contributed by atoms with Crippen LogP contribution in [0.25, 0.3) is 33.0 Å². The molecule has 0 spiro atoms. The fraction of sp³-hybridized carbons (Fsp3) is 0.282. The number of benzene rings is 3. The zero-order chi connectivity index (χ0) is 90.8. The van der Waals surface area contributed by atoms with Crippen LogP contribution in [0.2, 0.25) is 0 Å². The van der Waals surface area contributed by atoms with Gasteiger partial charge < -0.3 is 52.4 Å². The first-order chi connectivity index (χ1) is 57.9. The zero-order valence-corrected chi connectivity index (χ0v) is 72.6. The second-order valence-corrected chi connectivity index (χ2v) is 27.3. The van der Waals surface area contributed by atoms with Gasteiger partial charge in [0.05, 0.1) is 83.9 Å². The number of rotatable bonds is 11. The second kappa shape index (κ2) is 47.2. The summed E-state index contributed by atoms with van der Waals surface area (Å²) in [5.74, 6) is -0.842. The predicted molar refractivity (Wildman–Crippen MR) is 459 cm³/mol. The van der Waals surface area contributed by atoms with E-state index < -0.39 is 23.3 Å². The van der Waals surface area contributed by atoms with Crippen molar-refractivity contribution >= 4 is 91.8 Å². The van der Waals surface area contributed by atoms with Gasteiger partial charge in [-0.3, -0.25) is 63.1 Å². The minimum Gasteiger partial charge on any atom is -0.361 e. The van der Waals surface area contributed by atoms with E-state index in [-0.39, 0.29) is 47.3 Å². The number of nitrogens with one attached hydrogen (secondary N) is 9. The molecule has 0 aliphatic carbocycles. The van der Waals surface area contributed by atoms with Gasteiger partial charge in [0.2, 0.25) is 0 Å². The summed E-state index contributed by atoms with van der Waals surface area (Å²) >= 11 is 1.48. The molecule has 13 rings (SSSR count). The molecule has 13 aromatic rings. The Balaban J connectivity index is 0.000000244. The van der Waals surface area contributed by atoms with E-state index in [0.717, 1.165) is 101 Å². The Hall–Kier alpha value is -14.5. The van der Waals surface area contributed by atoms with Crippen molar-refractivity contribution in [3.63, 3.8) is 0 Å². The number of carbonyl (C=O) groups excluding carboxylic acids is 9. The molecule has 0 unspecified atom stereocenters. The fourth-order valence-corrected chi connectivity index (χ4v) is 12.2. The maximum Gasteiger partial charge on any atom is 0.434 e. The van der Waals surface area contributed by atoms with Gasteiger partial charge in [-0.2, -0.15) is 28.2 Å². The van der Waals surface area contributed by atoms with Gasteiger partial charge >= 0.3 is 6.18 Å². The second-order valence-electron chi connectivity index (χ2n) is 26.3. The third-order valence-electron chi connectivity index (χ3n) is 17.2. The number of hydrogen-bond donors (Lipinski definition) is 9. The average Bonchev–Trinajstić information content (AvgIpc) is 1.57. The highest BCUT2D eigenvalue weighted by Crippen LogP contribution is 2.30. The van der Waals surface area contributed by atoms with E-state index in [1.165, 1.54) is 23.2 Å². The number of fused-ring (bicyclic) bond motifs is 3. The zero-order valence-electron chi connectivity index (χ0n) is 71.8. The number of nitrogens with zero attached hydrogens (tertiary/aromatic N) is 14. The molecule has 9 amide bonds. The lowest BCUT2D eigenvalue weighted by Crippen LogP contribution is -2.23. The topological polar surface area (TPSA) is 439 Å². The standard InChI is InChI=1S/C11H12N4O.2C11H10N2O.C10H12N4O.C10H14N2O.C9H14N2OS.C9H12N2O.C7H6F3N3O.C7H10N2O2/c1-8-10(11(16)12-2)14-15(13-8)9-6-4-3-5-7-9;1-12-11(14)9-6-7-13-10-5-3-2-4-8(9)10;1-12-11(14)10-9-5-3-2-4-8(9)6-7-13-10;1-6-4-9-12-5-8(10(15)11-3)7(2)14(9)13-6;1-6-5-7(2)12-8(3)9(6)10(13)11-4;1-5(2)9-11-6(3)7(13-9)8(12)10-4;1-6-4-5-11-7(2)8(6)9(12)10-3;1-11-6(14)4-2-12-3-13-5(4)7(8,9)10;1-4-6(7(10)8-3)5(2)11-9-4/h3-7H,1-2H3,(H,12,16);2*2-7H,1H3,(H,12,14);4-5H,1-3H3,(H,11,15);5H,1-4H3,(H,11,13);5H,1-4H3,(H,10,12);4-5H,1-3H3,(H,10,12);2-3H,1H3,(H,11,14);1-3H3,(H,8,10). The Morgan fingerprint density at radius 1 is 0.434 bits per heavy atom. The van der Waals surface area contributed by atoms with Crippen molar-refractivity contribution in [2.75, 3.05) is 63.4 Å². The van der Waals surface area contributed by atoms with Gasteiger partial charge in [0.1, 0.15) is 28.2 Å². The van der Waals surface area contributed by atoms with E-state index in [4.69, 9.17) is 4.52 Å². The van der Waals surface area contributed by atoms with Crippen LogP contribution in [-0.2, 0) is 6.18 Å². The molecule has 9 N–H and O–H groups in total. The van der Waals surface area contributed by atoms with Crippen LogP contribution in [-0.4, -0.2) is 186 Å². The summed E-state index contributed by atoms with van der Waals surface area (Å²) in [6.07, 6.45) is 3.50. The molecule has 33 nitrogen and oxygen atoms in total. The van der Waals surface area contributed by atoms with Crippen LogP contribution in [0.3, 0.4) is 0 Å². The molecule has 10 heterocycles. The molecule has 37 heteroatoms. The van der Waals surface area contributed by atoms with Crippen LogP contribution in [0.15, 0.2) is 151 Å². The third-order valence-corrected chi connectivity index (χ3v) is 18.7. The maximum absolute atomic E-state index is 12.3. The molecule has 0 saturated heterocycles. The predicted octanol–water partition coefficient (Wildman–Crippen LogP) is 10.7. The first kappa shape index (κ1) is 98.1. The van der Waals surface area contributed by atoms with Crippen molar-refractivity contribution < 1.29 is 60.8 Å². The number of aryl methyl sites for hydroxylation is 11. The van der Waals surface area contributed by atoms with E-state index in [9.17, 15) is 56.3 Å².